The molecule has 0 aliphatic heterocycles. The summed E-state index contributed by atoms with van der Waals surface area (Å²) in [6.07, 6.45) is 0.740. The van der Waals surface area contributed by atoms with Crippen molar-refractivity contribution in [3.63, 3.8) is 0 Å². The van der Waals surface area contributed by atoms with Gasteiger partial charge in [-0.1, -0.05) is 23.7 Å². The summed E-state index contributed by atoms with van der Waals surface area (Å²) in [6.45, 7) is 0.575. The predicted molar refractivity (Wildman–Crippen MR) is 81.2 cm³/mol. The lowest BCUT2D eigenvalue weighted by atomic mass is 10.1. The molecule has 0 radical (unpaired) electrons. The summed E-state index contributed by atoms with van der Waals surface area (Å²) in [5.41, 5.74) is 7.88. The number of nitro groups is 1. The summed E-state index contributed by atoms with van der Waals surface area (Å²) < 4.78 is 0. The molecule has 0 spiro atoms. The molecule has 104 valence electrons. The van der Waals surface area contributed by atoms with Crippen molar-refractivity contribution >= 4 is 28.7 Å². The average Bonchev–Trinajstić information content (AvgIpc) is 2.41. The van der Waals surface area contributed by atoms with Gasteiger partial charge in [0, 0.05) is 23.3 Å². The number of nitrogens with zero attached hydrogens (tertiary/aromatic N) is 1. The van der Waals surface area contributed by atoms with E-state index in [4.69, 9.17) is 17.3 Å². The first kappa shape index (κ1) is 14.1. The van der Waals surface area contributed by atoms with E-state index in [9.17, 15) is 10.1 Å². The van der Waals surface area contributed by atoms with Crippen molar-refractivity contribution in [2.45, 2.75) is 6.42 Å². The first-order chi connectivity index (χ1) is 9.56. The molecule has 0 fully saturated rings. The highest BCUT2D eigenvalue weighted by Gasteiger charge is 2.13. The zero-order valence-electron chi connectivity index (χ0n) is 10.7. The van der Waals surface area contributed by atoms with Crippen LogP contribution < -0.4 is 11.1 Å². The normalized spacial score (nSPS) is 10.2. The number of halogens is 1. The molecule has 6 heteroatoms. The van der Waals surface area contributed by atoms with Crippen LogP contribution in [0, 0.1) is 10.1 Å². The fourth-order valence-corrected chi connectivity index (χ4v) is 2.01. The van der Waals surface area contributed by atoms with Gasteiger partial charge in [-0.2, -0.15) is 0 Å². The van der Waals surface area contributed by atoms with Gasteiger partial charge in [0.15, 0.2) is 0 Å². The van der Waals surface area contributed by atoms with E-state index in [2.05, 4.69) is 5.32 Å². The summed E-state index contributed by atoms with van der Waals surface area (Å²) in [6, 6.07) is 12.0. The molecule has 0 saturated carbocycles. The van der Waals surface area contributed by atoms with Gasteiger partial charge in [0.25, 0.3) is 5.69 Å². The minimum atomic E-state index is -0.429. The number of benzene rings is 2. The smallest absolute Gasteiger partial charge is 0.292 e. The van der Waals surface area contributed by atoms with E-state index < -0.39 is 4.92 Å². The Labute approximate surface area is 121 Å². The van der Waals surface area contributed by atoms with Gasteiger partial charge in [-0.15, -0.1) is 0 Å². The SMILES string of the molecule is Nc1ccc(CCNc2cc(Cl)ccc2[N+](=O)[O-])cc1. The molecule has 3 N–H and O–H groups in total. The van der Waals surface area contributed by atoms with E-state index in [-0.39, 0.29) is 5.69 Å². The zero-order valence-corrected chi connectivity index (χ0v) is 11.4. The van der Waals surface area contributed by atoms with Gasteiger partial charge in [-0.3, -0.25) is 10.1 Å². The van der Waals surface area contributed by atoms with Crippen molar-refractivity contribution in [3.8, 4) is 0 Å². The summed E-state index contributed by atoms with van der Waals surface area (Å²) in [7, 11) is 0. The molecule has 0 atom stereocenters. The van der Waals surface area contributed by atoms with Gasteiger partial charge in [0.2, 0.25) is 0 Å². The molecule has 2 aromatic carbocycles. The summed E-state index contributed by atoms with van der Waals surface area (Å²) >= 11 is 5.86. The van der Waals surface area contributed by atoms with Crippen molar-refractivity contribution in [1.82, 2.24) is 0 Å². The van der Waals surface area contributed by atoms with Crippen molar-refractivity contribution in [2.75, 3.05) is 17.6 Å². The third kappa shape index (κ3) is 3.61. The topological polar surface area (TPSA) is 81.2 Å². The van der Waals surface area contributed by atoms with Gasteiger partial charge < -0.3 is 11.1 Å². The molecule has 0 aliphatic rings. The third-order valence-corrected chi connectivity index (χ3v) is 3.10. The highest BCUT2D eigenvalue weighted by Crippen LogP contribution is 2.27. The van der Waals surface area contributed by atoms with Gasteiger partial charge >= 0.3 is 0 Å². The van der Waals surface area contributed by atoms with Crippen LogP contribution in [0.1, 0.15) is 5.56 Å². The zero-order chi connectivity index (χ0) is 14.5. The standard InChI is InChI=1S/C14H14ClN3O2/c15-11-3-6-14(18(19)20)13(9-11)17-8-7-10-1-4-12(16)5-2-10/h1-6,9,17H,7-8,16H2. The number of nitrogens with two attached hydrogens (primary N) is 1. The Balaban J connectivity index is 2.02. The summed E-state index contributed by atoms with van der Waals surface area (Å²) in [5, 5.41) is 14.4. The number of nitrogens with one attached hydrogen (secondary N) is 1. The van der Waals surface area contributed by atoms with Crippen LogP contribution in [0.2, 0.25) is 5.02 Å². The molecule has 2 aromatic rings. The van der Waals surface area contributed by atoms with E-state index in [1.807, 2.05) is 24.3 Å². The number of nitrogen functional groups attached to an aromatic ring is 1. The monoisotopic (exact) mass is 291 g/mol. The largest absolute Gasteiger partial charge is 0.399 e. The maximum Gasteiger partial charge on any atom is 0.292 e. The van der Waals surface area contributed by atoms with Crippen LogP contribution in [0.4, 0.5) is 17.1 Å². The molecule has 5 nitrogen and oxygen atoms in total. The van der Waals surface area contributed by atoms with Crippen LogP contribution in [0.15, 0.2) is 42.5 Å². The van der Waals surface area contributed by atoms with Gasteiger partial charge in [-0.25, -0.2) is 0 Å². The van der Waals surface area contributed by atoms with Gasteiger partial charge in [0.1, 0.15) is 5.69 Å². The minimum absolute atomic E-state index is 0.0201. The highest BCUT2D eigenvalue weighted by molar-refractivity contribution is 6.31. The summed E-state index contributed by atoms with van der Waals surface area (Å²) in [4.78, 5) is 10.5. The minimum Gasteiger partial charge on any atom is -0.399 e. The lowest BCUT2D eigenvalue weighted by Crippen LogP contribution is -2.07. The predicted octanol–water partition coefficient (Wildman–Crippen LogP) is 3.49. The van der Waals surface area contributed by atoms with Crippen molar-refractivity contribution in [1.29, 1.82) is 0 Å². The number of rotatable bonds is 5. The molecule has 0 aromatic heterocycles. The quantitative estimate of drug-likeness (QED) is 0.502. The Morgan fingerprint density at radius 2 is 1.90 bits per heavy atom. The molecule has 0 unspecified atom stereocenters. The fraction of sp³-hybridized carbons (Fsp3) is 0.143. The first-order valence-corrected chi connectivity index (χ1v) is 6.46. The molecule has 0 heterocycles. The van der Waals surface area contributed by atoms with Gasteiger partial charge in [0.05, 0.1) is 4.92 Å². The summed E-state index contributed by atoms with van der Waals surface area (Å²) in [5.74, 6) is 0. The van der Waals surface area contributed by atoms with E-state index in [0.29, 0.717) is 22.9 Å². The molecular formula is C14H14ClN3O2. The number of anilines is 2. The lowest BCUT2D eigenvalue weighted by Gasteiger charge is -2.08. The van der Waals surface area contributed by atoms with Crippen LogP contribution in [-0.4, -0.2) is 11.5 Å². The Hall–Kier alpha value is -2.27. The molecule has 0 amide bonds. The molecular weight excluding hydrogens is 278 g/mol. The van der Waals surface area contributed by atoms with E-state index in [1.54, 1.807) is 6.07 Å². The molecule has 0 saturated heterocycles. The number of nitro benzene ring substituents is 1. The third-order valence-electron chi connectivity index (χ3n) is 2.86. The fourth-order valence-electron chi connectivity index (χ4n) is 1.83. The lowest BCUT2D eigenvalue weighted by molar-refractivity contribution is -0.384. The second-order valence-corrected chi connectivity index (χ2v) is 4.77. The van der Waals surface area contributed by atoms with Crippen molar-refractivity contribution in [3.05, 3.63) is 63.2 Å². The van der Waals surface area contributed by atoms with E-state index in [1.165, 1.54) is 12.1 Å². The Morgan fingerprint density at radius 3 is 2.55 bits per heavy atom. The number of hydrogen-bond acceptors (Lipinski definition) is 4. The van der Waals surface area contributed by atoms with Crippen LogP contribution in [0.5, 0.6) is 0 Å². The van der Waals surface area contributed by atoms with Gasteiger partial charge in [-0.05, 0) is 36.2 Å². The first-order valence-electron chi connectivity index (χ1n) is 6.08. The molecule has 0 aliphatic carbocycles. The second kappa shape index (κ2) is 6.25. The van der Waals surface area contributed by atoms with Crippen LogP contribution in [0.3, 0.4) is 0 Å². The van der Waals surface area contributed by atoms with Crippen LogP contribution in [0.25, 0.3) is 0 Å². The maximum atomic E-state index is 10.9. The van der Waals surface area contributed by atoms with Crippen molar-refractivity contribution in [2.24, 2.45) is 0 Å². The average molecular weight is 292 g/mol. The van der Waals surface area contributed by atoms with Crippen LogP contribution >= 0.6 is 11.6 Å². The Kier molecular flexibility index (Phi) is 4.42. The second-order valence-electron chi connectivity index (χ2n) is 4.34. The van der Waals surface area contributed by atoms with Crippen LogP contribution in [-0.2, 0) is 6.42 Å². The van der Waals surface area contributed by atoms with E-state index in [0.717, 1.165) is 12.0 Å². The maximum absolute atomic E-state index is 10.9. The Bertz CT molecular complexity index is 614. The number of hydrogen-bond donors (Lipinski definition) is 2. The van der Waals surface area contributed by atoms with E-state index >= 15 is 0 Å². The molecule has 0 bridgehead atoms. The highest BCUT2D eigenvalue weighted by atomic mass is 35.5. The Morgan fingerprint density at radius 1 is 1.20 bits per heavy atom. The van der Waals surface area contributed by atoms with Crippen molar-refractivity contribution < 1.29 is 4.92 Å². The molecule has 2 rings (SSSR count). The molecule has 20 heavy (non-hydrogen) atoms.